The summed E-state index contributed by atoms with van der Waals surface area (Å²) in [6.07, 6.45) is -0.613. The second-order valence-corrected chi connectivity index (χ2v) is 8.11. The molecule has 7 nitrogen and oxygen atoms in total. The highest BCUT2D eigenvalue weighted by molar-refractivity contribution is 5.86. The standard InChI is InChI=1S/C26H28N2O5/c1-4-5-14-23(24(29)28(3)15-17(2)25(30)31)27-26(32)33-16-22-20-12-8-6-10-18(20)19-11-7-9-13-21(19)22/h6-13,17,22-23H,14-16H2,1-3H3,(H,27,32)(H,30,31). The molecule has 2 atom stereocenters. The molecule has 0 saturated carbocycles. The molecule has 33 heavy (non-hydrogen) atoms. The minimum absolute atomic E-state index is 0.0244. The van der Waals surface area contributed by atoms with Crippen molar-refractivity contribution in [1.29, 1.82) is 0 Å². The Kier molecular flexibility index (Phi) is 7.73. The van der Waals surface area contributed by atoms with Crippen LogP contribution in [-0.4, -0.2) is 54.2 Å². The van der Waals surface area contributed by atoms with Gasteiger partial charge in [0.25, 0.3) is 0 Å². The lowest BCUT2D eigenvalue weighted by Crippen LogP contribution is -2.48. The number of nitrogens with zero attached hydrogens (tertiary/aromatic N) is 1. The van der Waals surface area contributed by atoms with E-state index in [4.69, 9.17) is 9.84 Å². The Morgan fingerprint density at radius 3 is 2.21 bits per heavy atom. The average molecular weight is 449 g/mol. The first-order valence-electron chi connectivity index (χ1n) is 10.8. The highest BCUT2D eigenvalue weighted by atomic mass is 16.5. The number of rotatable bonds is 8. The summed E-state index contributed by atoms with van der Waals surface area (Å²) >= 11 is 0. The number of carboxylic acids is 1. The number of fused-ring (bicyclic) bond motifs is 3. The second-order valence-electron chi connectivity index (χ2n) is 8.11. The number of carboxylic acid groups (broad SMARTS) is 1. The van der Waals surface area contributed by atoms with Gasteiger partial charge < -0.3 is 20.1 Å². The molecule has 3 rings (SSSR count). The van der Waals surface area contributed by atoms with E-state index in [1.165, 1.54) is 18.9 Å². The van der Waals surface area contributed by atoms with Gasteiger partial charge in [0.1, 0.15) is 12.6 Å². The molecule has 2 amide bonds. The van der Waals surface area contributed by atoms with Crippen LogP contribution in [0, 0.1) is 17.8 Å². The third-order valence-electron chi connectivity index (χ3n) is 5.76. The molecule has 0 aliphatic heterocycles. The van der Waals surface area contributed by atoms with Gasteiger partial charge >= 0.3 is 12.1 Å². The van der Waals surface area contributed by atoms with Crippen molar-refractivity contribution in [3.63, 3.8) is 0 Å². The third kappa shape index (κ3) is 5.53. The number of hydrogen-bond donors (Lipinski definition) is 2. The smallest absolute Gasteiger partial charge is 0.407 e. The quantitative estimate of drug-likeness (QED) is 0.603. The van der Waals surface area contributed by atoms with Crippen LogP contribution >= 0.6 is 0 Å². The zero-order chi connectivity index (χ0) is 24.0. The Balaban J connectivity index is 1.67. The first-order valence-corrected chi connectivity index (χ1v) is 10.8. The van der Waals surface area contributed by atoms with Crippen LogP contribution in [-0.2, 0) is 14.3 Å². The van der Waals surface area contributed by atoms with E-state index in [-0.39, 0.29) is 25.5 Å². The molecule has 2 N–H and O–H groups in total. The van der Waals surface area contributed by atoms with Gasteiger partial charge in [-0.05, 0) is 29.2 Å². The van der Waals surface area contributed by atoms with Crippen molar-refractivity contribution in [3.8, 4) is 23.0 Å². The lowest BCUT2D eigenvalue weighted by Gasteiger charge is -2.25. The number of alkyl carbamates (subject to hydrolysis) is 1. The molecule has 2 aromatic carbocycles. The summed E-state index contributed by atoms with van der Waals surface area (Å²) in [5.74, 6) is 3.29. The minimum atomic E-state index is -0.996. The van der Waals surface area contributed by atoms with Gasteiger partial charge in [-0.3, -0.25) is 9.59 Å². The highest BCUT2D eigenvalue weighted by Crippen LogP contribution is 2.44. The molecule has 1 aliphatic rings. The molecular weight excluding hydrogens is 420 g/mol. The van der Waals surface area contributed by atoms with Crippen LogP contribution in [0.15, 0.2) is 48.5 Å². The Bertz CT molecular complexity index is 1060. The van der Waals surface area contributed by atoms with E-state index in [0.29, 0.717) is 0 Å². The molecule has 1 aliphatic carbocycles. The van der Waals surface area contributed by atoms with Gasteiger partial charge in [0, 0.05) is 25.9 Å². The summed E-state index contributed by atoms with van der Waals surface area (Å²) in [5.41, 5.74) is 4.45. The fraction of sp³-hybridized carbons (Fsp3) is 0.346. The van der Waals surface area contributed by atoms with Gasteiger partial charge in [-0.15, -0.1) is 11.8 Å². The van der Waals surface area contributed by atoms with Crippen LogP contribution in [0.1, 0.15) is 37.3 Å². The maximum absolute atomic E-state index is 12.8. The van der Waals surface area contributed by atoms with Crippen molar-refractivity contribution in [1.82, 2.24) is 10.2 Å². The summed E-state index contributed by atoms with van der Waals surface area (Å²) in [4.78, 5) is 37.8. The molecular formula is C26H28N2O5. The van der Waals surface area contributed by atoms with Gasteiger partial charge in [-0.2, -0.15) is 0 Å². The summed E-state index contributed by atoms with van der Waals surface area (Å²) in [7, 11) is 1.51. The Morgan fingerprint density at radius 2 is 1.67 bits per heavy atom. The van der Waals surface area contributed by atoms with E-state index in [2.05, 4.69) is 29.3 Å². The molecule has 2 aromatic rings. The van der Waals surface area contributed by atoms with Gasteiger partial charge in [0.15, 0.2) is 0 Å². The van der Waals surface area contributed by atoms with Crippen LogP contribution in [0.2, 0.25) is 0 Å². The molecule has 0 radical (unpaired) electrons. The number of aliphatic carboxylic acids is 1. The Hall–Kier alpha value is -3.79. The van der Waals surface area contributed by atoms with E-state index in [1.54, 1.807) is 6.92 Å². The largest absolute Gasteiger partial charge is 0.481 e. The first-order chi connectivity index (χ1) is 15.8. The summed E-state index contributed by atoms with van der Waals surface area (Å²) in [5, 5.41) is 11.7. The summed E-state index contributed by atoms with van der Waals surface area (Å²) < 4.78 is 5.54. The van der Waals surface area contributed by atoms with Crippen LogP contribution < -0.4 is 5.32 Å². The van der Waals surface area contributed by atoms with Crippen molar-refractivity contribution in [2.45, 2.75) is 32.2 Å². The van der Waals surface area contributed by atoms with E-state index < -0.39 is 29.9 Å². The topological polar surface area (TPSA) is 95.9 Å². The van der Waals surface area contributed by atoms with Crippen molar-refractivity contribution < 1.29 is 24.2 Å². The van der Waals surface area contributed by atoms with Crippen LogP contribution in [0.3, 0.4) is 0 Å². The predicted octanol–water partition coefficient (Wildman–Crippen LogP) is 3.49. The normalized spacial score (nSPS) is 13.5. The lowest BCUT2D eigenvalue weighted by atomic mass is 9.98. The maximum atomic E-state index is 12.8. The van der Waals surface area contributed by atoms with E-state index in [1.807, 2.05) is 36.4 Å². The number of ether oxygens (including phenoxy) is 1. The molecule has 0 aromatic heterocycles. The number of carbonyl (C=O) groups is 3. The fourth-order valence-corrected chi connectivity index (χ4v) is 4.03. The van der Waals surface area contributed by atoms with Gasteiger partial charge in [0.2, 0.25) is 5.91 Å². The molecule has 0 bridgehead atoms. The van der Waals surface area contributed by atoms with Crippen molar-refractivity contribution in [2.75, 3.05) is 20.2 Å². The van der Waals surface area contributed by atoms with Crippen LogP contribution in [0.25, 0.3) is 11.1 Å². The van der Waals surface area contributed by atoms with E-state index >= 15 is 0 Å². The van der Waals surface area contributed by atoms with Crippen molar-refractivity contribution in [2.24, 2.45) is 5.92 Å². The van der Waals surface area contributed by atoms with Crippen LogP contribution in [0.4, 0.5) is 4.79 Å². The average Bonchev–Trinajstić information content (AvgIpc) is 3.13. The minimum Gasteiger partial charge on any atom is -0.481 e. The highest BCUT2D eigenvalue weighted by Gasteiger charge is 2.30. The van der Waals surface area contributed by atoms with Crippen LogP contribution in [0.5, 0.6) is 0 Å². The SMILES string of the molecule is CC#CCC(NC(=O)OCC1c2ccccc2-c2ccccc21)C(=O)N(C)CC(C)C(=O)O. The number of amides is 2. The summed E-state index contributed by atoms with van der Waals surface area (Å²) in [6, 6.07) is 15.1. The Labute approximate surface area is 193 Å². The lowest BCUT2D eigenvalue weighted by molar-refractivity contribution is -0.143. The number of likely N-dealkylation sites (N-methyl/N-ethyl adjacent to an activating group) is 1. The van der Waals surface area contributed by atoms with Crippen molar-refractivity contribution in [3.05, 3.63) is 59.7 Å². The molecule has 0 fully saturated rings. The van der Waals surface area contributed by atoms with Gasteiger partial charge in [0.05, 0.1) is 5.92 Å². The monoisotopic (exact) mass is 448 g/mol. The number of nitrogens with one attached hydrogen (secondary N) is 1. The van der Waals surface area contributed by atoms with E-state index in [9.17, 15) is 14.4 Å². The third-order valence-corrected chi connectivity index (χ3v) is 5.76. The number of hydrogen-bond acceptors (Lipinski definition) is 4. The predicted molar refractivity (Wildman–Crippen MR) is 124 cm³/mol. The van der Waals surface area contributed by atoms with E-state index in [0.717, 1.165) is 22.3 Å². The molecule has 172 valence electrons. The molecule has 2 unspecified atom stereocenters. The zero-order valence-electron chi connectivity index (χ0n) is 19.0. The maximum Gasteiger partial charge on any atom is 0.407 e. The first kappa shape index (κ1) is 23.9. The van der Waals surface area contributed by atoms with Crippen molar-refractivity contribution >= 4 is 18.0 Å². The number of benzene rings is 2. The molecule has 0 saturated heterocycles. The molecule has 0 spiro atoms. The van der Waals surface area contributed by atoms with Gasteiger partial charge in [-0.25, -0.2) is 4.79 Å². The number of carbonyl (C=O) groups excluding carboxylic acids is 2. The zero-order valence-corrected chi connectivity index (χ0v) is 19.0. The Morgan fingerprint density at radius 1 is 1.09 bits per heavy atom. The molecule has 7 heteroatoms. The second kappa shape index (κ2) is 10.7. The van der Waals surface area contributed by atoms with Gasteiger partial charge in [-0.1, -0.05) is 55.5 Å². The fourth-order valence-electron chi connectivity index (χ4n) is 4.03. The summed E-state index contributed by atoms with van der Waals surface area (Å²) in [6.45, 7) is 3.32. The molecule has 0 heterocycles.